The molecule has 186 valence electrons. The molecule has 0 saturated heterocycles. The van der Waals surface area contributed by atoms with Crippen LogP contribution in [0.15, 0.2) is 46.9 Å². The molecule has 0 spiro atoms. The summed E-state index contributed by atoms with van der Waals surface area (Å²) in [5.41, 5.74) is -2.59. The van der Waals surface area contributed by atoms with Crippen LogP contribution in [0.4, 0.5) is 50.9 Å². The fourth-order valence-corrected chi connectivity index (χ4v) is 2.90. The van der Waals surface area contributed by atoms with Crippen LogP contribution in [0.2, 0.25) is 0 Å². The van der Waals surface area contributed by atoms with Crippen LogP contribution >= 0.6 is 0 Å². The van der Waals surface area contributed by atoms with Gasteiger partial charge in [0.15, 0.2) is 5.69 Å². The number of alkyl halides is 9. The van der Waals surface area contributed by atoms with Crippen LogP contribution < -0.4 is 9.64 Å². The van der Waals surface area contributed by atoms with E-state index in [9.17, 15) is 39.5 Å². The van der Waals surface area contributed by atoms with Crippen LogP contribution in [0.3, 0.4) is 0 Å². The normalized spacial score (nSPS) is 12.3. The lowest BCUT2D eigenvalue weighted by Crippen LogP contribution is -2.34. The molecule has 0 saturated carbocycles. The van der Waals surface area contributed by atoms with Gasteiger partial charge in [-0.25, -0.2) is 4.85 Å². The summed E-state index contributed by atoms with van der Waals surface area (Å²) in [6.07, 6.45) is -14.7. The van der Waals surface area contributed by atoms with Crippen molar-refractivity contribution in [3.8, 4) is 17.2 Å². The number of nitrogens with zero attached hydrogens (tertiary/aromatic N) is 4. The number of hydrogen-bond donors (Lipinski definition) is 0. The van der Waals surface area contributed by atoms with Crippen molar-refractivity contribution in [3.63, 3.8) is 0 Å². The number of ether oxygens (including phenoxy) is 1. The molecule has 3 aromatic rings. The number of hydrogen-bond acceptors (Lipinski definition) is 5. The molecule has 35 heavy (non-hydrogen) atoms. The molecular formula is C20H11F9N4O2. The quantitative estimate of drug-likeness (QED) is 0.271. The predicted molar refractivity (Wildman–Crippen MR) is 101 cm³/mol. The van der Waals surface area contributed by atoms with Gasteiger partial charge >= 0.3 is 18.7 Å². The largest absolute Gasteiger partial charge is 0.573 e. The predicted octanol–water partition coefficient (Wildman–Crippen LogP) is 6.77. The summed E-state index contributed by atoms with van der Waals surface area (Å²) in [6.45, 7) is 4.41. The maximum atomic E-state index is 13.3. The number of halogens is 9. The van der Waals surface area contributed by atoms with Gasteiger partial charge in [-0.05, 0) is 36.4 Å². The Bertz CT molecular complexity index is 1210. The topological polar surface area (TPSA) is 55.8 Å². The van der Waals surface area contributed by atoms with Gasteiger partial charge in [0.05, 0.1) is 18.7 Å². The lowest BCUT2D eigenvalue weighted by Gasteiger charge is -2.25. The first kappa shape index (κ1) is 25.7. The Kier molecular flexibility index (Phi) is 6.86. The van der Waals surface area contributed by atoms with Gasteiger partial charge in [-0.3, -0.25) is 0 Å². The van der Waals surface area contributed by atoms with Gasteiger partial charge in [-0.15, -0.1) is 23.4 Å². The number of anilines is 1. The van der Waals surface area contributed by atoms with Gasteiger partial charge in [0.2, 0.25) is 11.8 Å². The summed E-state index contributed by atoms with van der Waals surface area (Å²) in [4.78, 5) is 3.24. The molecule has 1 heterocycles. The third kappa shape index (κ3) is 7.01. The van der Waals surface area contributed by atoms with Crippen molar-refractivity contribution < 1.29 is 48.7 Å². The van der Waals surface area contributed by atoms with Crippen molar-refractivity contribution in [1.82, 2.24) is 10.2 Å². The minimum absolute atomic E-state index is 0.112. The molecule has 0 N–H and O–H groups in total. The van der Waals surface area contributed by atoms with Crippen LogP contribution in [0.1, 0.15) is 11.5 Å². The summed E-state index contributed by atoms with van der Waals surface area (Å²) in [7, 11) is 0. The molecule has 0 aliphatic heterocycles. The van der Waals surface area contributed by atoms with Gasteiger partial charge in [-0.1, -0.05) is 6.07 Å². The average molecular weight is 510 g/mol. The highest BCUT2D eigenvalue weighted by atomic mass is 19.4. The van der Waals surface area contributed by atoms with Crippen LogP contribution in [0.5, 0.6) is 5.75 Å². The Balaban J connectivity index is 1.88. The van der Waals surface area contributed by atoms with Crippen LogP contribution in [-0.2, 0) is 12.7 Å². The smallest absolute Gasteiger partial charge is 0.419 e. The molecule has 15 heteroatoms. The molecule has 0 aliphatic carbocycles. The minimum Gasteiger partial charge on any atom is -0.419 e. The van der Waals surface area contributed by atoms with E-state index < -0.39 is 60.4 Å². The molecular weight excluding hydrogens is 499 g/mol. The van der Waals surface area contributed by atoms with Crippen molar-refractivity contribution in [2.45, 2.75) is 25.3 Å². The van der Waals surface area contributed by atoms with E-state index in [1.807, 2.05) is 0 Å². The Labute approximate surface area is 190 Å². The SMILES string of the molecule is [C-]#[N+]c1ccc(N(Cc2nnc(-c3ccc(OC(F)(F)F)cc3)o2)CC(F)(F)F)cc1C(F)(F)F. The summed E-state index contributed by atoms with van der Waals surface area (Å²) >= 11 is 0. The van der Waals surface area contributed by atoms with Crippen molar-refractivity contribution >= 4 is 11.4 Å². The Morgan fingerprint density at radius 2 is 1.57 bits per heavy atom. The molecule has 0 unspecified atom stereocenters. The number of benzene rings is 2. The second-order valence-electron chi connectivity index (χ2n) is 6.86. The van der Waals surface area contributed by atoms with Crippen LogP contribution in [-0.4, -0.2) is 29.3 Å². The Hall–Kier alpha value is -3.96. The first-order valence-electron chi connectivity index (χ1n) is 9.23. The molecule has 0 bridgehead atoms. The number of aromatic nitrogens is 2. The molecule has 3 rings (SSSR count). The lowest BCUT2D eigenvalue weighted by molar-refractivity contribution is -0.274. The van der Waals surface area contributed by atoms with Gasteiger partial charge < -0.3 is 14.1 Å². The maximum Gasteiger partial charge on any atom is 0.573 e. The van der Waals surface area contributed by atoms with E-state index in [0.29, 0.717) is 11.0 Å². The van der Waals surface area contributed by atoms with E-state index in [1.165, 1.54) is 0 Å². The van der Waals surface area contributed by atoms with Crippen molar-refractivity contribution in [1.29, 1.82) is 0 Å². The third-order valence-electron chi connectivity index (χ3n) is 4.27. The van der Waals surface area contributed by atoms with Crippen molar-refractivity contribution in [2.75, 3.05) is 11.4 Å². The van der Waals surface area contributed by atoms with E-state index in [1.54, 1.807) is 0 Å². The lowest BCUT2D eigenvalue weighted by atomic mass is 10.1. The third-order valence-corrected chi connectivity index (χ3v) is 4.27. The average Bonchev–Trinajstić information content (AvgIpc) is 3.19. The molecule has 0 atom stereocenters. The van der Waals surface area contributed by atoms with E-state index in [-0.39, 0.29) is 11.5 Å². The first-order valence-corrected chi connectivity index (χ1v) is 9.23. The van der Waals surface area contributed by atoms with Crippen molar-refractivity contribution in [2.24, 2.45) is 0 Å². The minimum atomic E-state index is -4.99. The zero-order valence-electron chi connectivity index (χ0n) is 17.0. The molecule has 1 aromatic heterocycles. The highest BCUT2D eigenvalue weighted by molar-refractivity contribution is 5.62. The molecule has 6 nitrogen and oxygen atoms in total. The molecule has 0 amide bonds. The van der Waals surface area contributed by atoms with Gasteiger partial charge in [0, 0.05) is 11.3 Å². The maximum absolute atomic E-state index is 13.3. The standard InChI is InChI=1S/C20H11F9N4O2/c1-30-15-7-4-12(8-14(15)19(24,25)26)33(10-18(21,22)23)9-16-31-32-17(34-16)11-2-5-13(6-3-11)35-20(27,28)29/h2-8H,9-10H2. The van der Waals surface area contributed by atoms with Crippen LogP contribution in [0.25, 0.3) is 16.3 Å². The molecule has 0 fully saturated rings. The molecule has 0 radical (unpaired) electrons. The first-order chi connectivity index (χ1) is 16.1. The molecule has 2 aromatic carbocycles. The van der Waals surface area contributed by atoms with Gasteiger partial charge in [0.1, 0.15) is 12.3 Å². The van der Waals surface area contributed by atoms with Gasteiger partial charge in [0.25, 0.3) is 0 Å². The van der Waals surface area contributed by atoms with Crippen LogP contribution in [0, 0.1) is 6.57 Å². The summed E-state index contributed by atoms with van der Waals surface area (Å²) in [5, 5.41) is 7.18. The monoisotopic (exact) mass is 510 g/mol. The number of rotatable bonds is 6. The summed E-state index contributed by atoms with van der Waals surface area (Å²) in [5.74, 6) is -1.21. The zero-order chi connectivity index (χ0) is 26.0. The van der Waals surface area contributed by atoms with E-state index in [4.69, 9.17) is 11.0 Å². The summed E-state index contributed by atoms with van der Waals surface area (Å²) < 4.78 is 125. The highest BCUT2D eigenvalue weighted by Crippen LogP contribution is 2.39. The second kappa shape index (κ2) is 9.35. The van der Waals surface area contributed by atoms with E-state index in [2.05, 4.69) is 19.8 Å². The zero-order valence-corrected chi connectivity index (χ0v) is 17.0. The second-order valence-corrected chi connectivity index (χ2v) is 6.86. The van der Waals surface area contributed by atoms with E-state index in [0.717, 1.165) is 36.4 Å². The highest BCUT2D eigenvalue weighted by Gasteiger charge is 2.36. The Morgan fingerprint density at radius 3 is 2.11 bits per heavy atom. The fourth-order valence-electron chi connectivity index (χ4n) is 2.90. The molecule has 0 aliphatic rings. The van der Waals surface area contributed by atoms with Gasteiger partial charge in [-0.2, -0.15) is 26.3 Å². The Morgan fingerprint density at radius 1 is 0.914 bits per heavy atom. The van der Waals surface area contributed by atoms with E-state index >= 15 is 0 Å². The fraction of sp³-hybridized carbons (Fsp3) is 0.250. The van der Waals surface area contributed by atoms with Crippen molar-refractivity contribution in [3.05, 3.63) is 65.3 Å². The summed E-state index contributed by atoms with van der Waals surface area (Å²) in [6, 6.07) is 6.23.